The Balaban J connectivity index is 0.00000289. The molecular formula is C25H23Cl2N3O2. The van der Waals surface area contributed by atoms with Gasteiger partial charge in [0.1, 0.15) is 12.4 Å². The molecule has 5 nitrogen and oxygen atoms in total. The Morgan fingerprint density at radius 1 is 1.06 bits per heavy atom. The van der Waals surface area contributed by atoms with Crippen molar-refractivity contribution in [2.45, 2.75) is 20.0 Å². The van der Waals surface area contributed by atoms with Crippen molar-refractivity contribution in [3.63, 3.8) is 0 Å². The molecule has 1 heterocycles. The number of benzene rings is 3. The maximum absolute atomic E-state index is 13.0. The summed E-state index contributed by atoms with van der Waals surface area (Å²) in [5.74, 6) is 0.468. The van der Waals surface area contributed by atoms with E-state index in [1.54, 1.807) is 30.3 Å². The molecule has 1 aromatic heterocycles. The minimum absolute atomic E-state index is 0. The Labute approximate surface area is 198 Å². The number of carbonyl (C=O) groups excluding carboxylic acids is 1. The average molecular weight is 468 g/mol. The number of nitrogens with zero attached hydrogens (tertiary/aromatic N) is 1. The highest BCUT2D eigenvalue weighted by atomic mass is 35.5. The van der Waals surface area contributed by atoms with E-state index in [1.807, 2.05) is 49.4 Å². The lowest BCUT2D eigenvalue weighted by molar-refractivity contribution is 0.102. The van der Waals surface area contributed by atoms with Gasteiger partial charge in [0.25, 0.3) is 5.91 Å². The van der Waals surface area contributed by atoms with Crippen LogP contribution in [0.1, 0.15) is 28.5 Å². The van der Waals surface area contributed by atoms with Crippen molar-refractivity contribution in [2.75, 3.05) is 11.1 Å². The first kappa shape index (κ1) is 23.4. The second-order valence-electron chi connectivity index (χ2n) is 7.14. The Bertz CT molecular complexity index is 1240. The number of hydrogen-bond donors (Lipinski definition) is 2. The molecule has 4 rings (SSSR count). The Morgan fingerprint density at radius 3 is 2.56 bits per heavy atom. The molecule has 7 heteroatoms. The molecular weight excluding hydrogens is 445 g/mol. The number of fused-ring (bicyclic) bond motifs is 1. The number of ether oxygens (including phenoxy) is 1. The molecule has 0 radical (unpaired) electrons. The van der Waals surface area contributed by atoms with Gasteiger partial charge in [-0.3, -0.25) is 9.78 Å². The number of aryl methyl sites for hydroxylation is 1. The quantitative estimate of drug-likeness (QED) is 0.349. The van der Waals surface area contributed by atoms with Crippen molar-refractivity contribution >= 4 is 52.2 Å². The van der Waals surface area contributed by atoms with Gasteiger partial charge in [-0.2, -0.15) is 0 Å². The van der Waals surface area contributed by atoms with Crippen molar-refractivity contribution in [1.29, 1.82) is 0 Å². The number of nitrogens with one attached hydrogen (secondary N) is 1. The van der Waals surface area contributed by atoms with Crippen LogP contribution in [0.15, 0.2) is 72.8 Å². The number of rotatable bonds is 6. The molecule has 0 unspecified atom stereocenters. The summed E-state index contributed by atoms with van der Waals surface area (Å²) in [6.07, 6.45) is 0.813. The summed E-state index contributed by atoms with van der Waals surface area (Å²) < 4.78 is 5.82. The molecule has 3 aromatic carbocycles. The number of halogens is 2. The van der Waals surface area contributed by atoms with E-state index in [0.29, 0.717) is 27.7 Å². The van der Waals surface area contributed by atoms with E-state index in [2.05, 4.69) is 10.3 Å². The standard InChI is InChI=1S/C25H22ClN3O2.ClH/c1-2-18-14-23(27)22-13-19(9-12-24(22)28-18)29-25(30)21-6-4-3-5-16(21)15-31-20-10-7-17(26)8-11-20;/h3-14H,2,15H2,1H3,(H2,27,28)(H,29,30);1H. The lowest BCUT2D eigenvalue weighted by atomic mass is 10.1. The van der Waals surface area contributed by atoms with Gasteiger partial charge in [-0.15, -0.1) is 12.4 Å². The minimum Gasteiger partial charge on any atom is -0.489 e. The number of pyridine rings is 1. The molecule has 0 aliphatic carbocycles. The SMILES string of the molecule is CCc1cc(N)c2cc(NC(=O)c3ccccc3COc3ccc(Cl)cc3)ccc2n1.Cl. The molecule has 0 aliphatic rings. The summed E-state index contributed by atoms with van der Waals surface area (Å²) in [5, 5.41) is 4.41. The predicted octanol–water partition coefficient (Wildman–Crippen LogP) is 6.29. The maximum atomic E-state index is 13.0. The first-order valence-electron chi connectivity index (χ1n) is 10.0. The summed E-state index contributed by atoms with van der Waals surface area (Å²) in [6, 6.07) is 21.9. The van der Waals surface area contributed by atoms with E-state index in [4.69, 9.17) is 22.1 Å². The molecule has 0 saturated carbocycles. The summed E-state index contributed by atoms with van der Waals surface area (Å²) in [6.45, 7) is 2.30. The van der Waals surface area contributed by atoms with Gasteiger partial charge in [-0.05, 0) is 61.0 Å². The van der Waals surface area contributed by atoms with E-state index in [0.717, 1.165) is 28.6 Å². The molecule has 4 aromatic rings. The van der Waals surface area contributed by atoms with Crippen LogP contribution in [0, 0.1) is 0 Å². The van der Waals surface area contributed by atoms with Crippen LogP contribution in [-0.4, -0.2) is 10.9 Å². The normalized spacial score (nSPS) is 10.4. The number of anilines is 2. The highest BCUT2D eigenvalue weighted by molar-refractivity contribution is 6.30. The van der Waals surface area contributed by atoms with Crippen LogP contribution in [0.25, 0.3) is 10.9 Å². The Morgan fingerprint density at radius 2 is 1.81 bits per heavy atom. The van der Waals surface area contributed by atoms with Crippen molar-refractivity contribution in [3.05, 3.63) is 94.6 Å². The zero-order valence-electron chi connectivity index (χ0n) is 17.5. The third-order valence-corrected chi connectivity index (χ3v) is 5.24. The summed E-state index contributed by atoms with van der Waals surface area (Å²) in [5.41, 5.74) is 10.6. The molecule has 1 amide bonds. The monoisotopic (exact) mass is 467 g/mol. The van der Waals surface area contributed by atoms with Gasteiger partial charge in [0, 0.05) is 38.6 Å². The zero-order valence-corrected chi connectivity index (χ0v) is 19.0. The fraction of sp³-hybridized carbons (Fsp3) is 0.120. The molecule has 0 saturated heterocycles. The van der Waals surface area contributed by atoms with Crippen molar-refractivity contribution in [3.8, 4) is 5.75 Å². The zero-order chi connectivity index (χ0) is 21.8. The third-order valence-electron chi connectivity index (χ3n) is 4.98. The van der Waals surface area contributed by atoms with Gasteiger partial charge in [-0.25, -0.2) is 0 Å². The smallest absolute Gasteiger partial charge is 0.256 e. The number of aromatic nitrogens is 1. The highest BCUT2D eigenvalue weighted by Gasteiger charge is 2.13. The maximum Gasteiger partial charge on any atom is 0.256 e. The van der Waals surface area contributed by atoms with Crippen molar-refractivity contribution in [1.82, 2.24) is 4.98 Å². The van der Waals surface area contributed by atoms with E-state index in [9.17, 15) is 4.79 Å². The largest absolute Gasteiger partial charge is 0.489 e. The molecule has 3 N–H and O–H groups in total. The molecule has 0 fully saturated rings. The highest BCUT2D eigenvalue weighted by Crippen LogP contribution is 2.25. The van der Waals surface area contributed by atoms with Gasteiger partial charge in [0.15, 0.2) is 0 Å². The molecule has 164 valence electrons. The molecule has 0 bridgehead atoms. The fourth-order valence-electron chi connectivity index (χ4n) is 3.33. The van der Waals surface area contributed by atoms with E-state index < -0.39 is 0 Å². The number of amides is 1. The first-order chi connectivity index (χ1) is 15.0. The lowest BCUT2D eigenvalue weighted by Gasteiger charge is -2.12. The van der Waals surface area contributed by atoms with E-state index in [-0.39, 0.29) is 24.9 Å². The van der Waals surface area contributed by atoms with Crippen LogP contribution in [0.5, 0.6) is 5.75 Å². The predicted molar refractivity (Wildman–Crippen MR) is 133 cm³/mol. The lowest BCUT2D eigenvalue weighted by Crippen LogP contribution is -2.15. The number of nitrogen functional groups attached to an aromatic ring is 1. The van der Waals surface area contributed by atoms with Crippen LogP contribution >= 0.6 is 24.0 Å². The van der Waals surface area contributed by atoms with Gasteiger partial charge in [-0.1, -0.05) is 36.7 Å². The van der Waals surface area contributed by atoms with Gasteiger partial charge in [0.05, 0.1) is 5.52 Å². The first-order valence-corrected chi connectivity index (χ1v) is 10.4. The van der Waals surface area contributed by atoms with Gasteiger partial charge in [0.2, 0.25) is 0 Å². The van der Waals surface area contributed by atoms with E-state index >= 15 is 0 Å². The molecule has 0 spiro atoms. The second kappa shape index (κ2) is 10.4. The third kappa shape index (κ3) is 5.31. The van der Waals surface area contributed by atoms with Gasteiger partial charge < -0.3 is 15.8 Å². The number of nitrogens with two attached hydrogens (primary N) is 1. The molecule has 0 aliphatic heterocycles. The topological polar surface area (TPSA) is 77.2 Å². The van der Waals surface area contributed by atoms with Crippen LogP contribution in [-0.2, 0) is 13.0 Å². The molecule has 32 heavy (non-hydrogen) atoms. The number of carbonyl (C=O) groups is 1. The van der Waals surface area contributed by atoms with Crippen molar-refractivity contribution < 1.29 is 9.53 Å². The summed E-state index contributed by atoms with van der Waals surface area (Å²) in [7, 11) is 0. The Hall–Kier alpha value is -3.28. The minimum atomic E-state index is -0.216. The van der Waals surface area contributed by atoms with Crippen LogP contribution < -0.4 is 15.8 Å². The second-order valence-corrected chi connectivity index (χ2v) is 7.58. The fourth-order valence-corrected chi connectivity index (χ4v) is 3.45. The number of hydrogen-bond acceptors (Lipinski definition) is 4. The van der Waals surface area contributed by atoms with Crippen LogP contribution in [0.3, 0.4) is 0 Å². The summed E-state index contributed by atoms with van der Waals surface area (Å²) in [4.78, 5) is 17.6. The average Bonchev–Trinajstić information content (AvgIpc) is 2.79. The van der Waals surface area contributed by atoms with Crippen LogP contribution in [0.4, 0.5) is 11.4 Å². The van der Waals surface area contributed by atoms with Gasteiger partial charge >= 0.3 is 0 Å². The van der Waals surface area contributed by atoms with E-state index in [1.165, 1.54) is 0 Å². The molecule has 0 atom stereocenters. The van der Waals surface area contributed by atoms with Crippen molar-refractivity contribution in [2.24, 2.45) is 0 Å². The van der Waals surface area contributed by atoms with Crippen LogP contribution in [0.2, 0.25) is 5.02 Å². The summed E-state index contributed by atoms with van der Waals surface area (Å²) >= 11 is 5.91. The Kier molecular flexibility index (Phi) is 7.57.